The first-order chi connectivity index (χ1) is 9.21. The van der Waals surface area contributed by atoms with E-state index in [1.165, 1.54) is 13.0 Å². The normalized spacial score (nSPS) is 20.1. The Labute approximate surface area is 117 Å². The van der Waals surface area contributed by atoms with Crippen molar-refractivity contribution in [3.8, 4) is 0 Å². The minimum atomic E-state index is -4.63. The summed E-state index contributed by atoms with van der Waals surface area (Å²) in [6.45, 7) is 1.20. The van der Waals surface area contributed by atoms with Gasteiger partial charge in [-0.3, -0.25) is 14.5 Å². The van der Waals surface area contributed by atoms with Crippen LogP contribution in [-0.2, 0) is 15.8 Å². The van der Waals surface area contributed by atoms with Crippen molar-refractivity contribution in [2.45, 2.75) is 19.1 Å². The minimum Gasteiger partial charge on any atom is -0.345 e. The third-order valence-corrected chi connectivity index (χ3v) is 3.31. The summed E-state index contributed by atoms with van der Waals surface area (Å²) in [5.74, 6) is -0.902. The second-order valence-corrected chi connectivity index (χ2v) is 4.73. The van der Waals surface area contributed by atoms with E-state index in [2.05, 4.69) is 5.32 Å². The number of hydrogen-bond donors (Lipinski definition) is 1. The molecule has 1 N–H and O–H groups in total. The molecule has 1 fully saturated rings. The van der Waals surface area contributed by atoms with Gasteiger partial charge in [-0.25, -0.2) is 0 Å². The number of nitrogens with zero attached hydrogens (tertiary/aromatic N) is 1. The lowest BCUT2D eigenvalue weighted by Crippen LogP contribution is -2.57. The smallest absolute Gasteiger partial charge is 0.345 e. The Hall–Kier alpha value is -1.76. The SMILES string of the molecule is CC1C(=O)NCC(=O)N1c1ccc(Cl)c(C(F)(F)F)c1. The van der Waals surface area contributed by atoms with Gasteiger partial charge in [0.1, 0.15) is 6.04 Å². The van der Waals surface area contributed by atoms with Gasteiger partial charge >= 0.3 is 6.18 Å². The van der Waals surface area contributed by atoms with Crippen LogP contribution in [0.5, 0.6) is 0 Å². The van der Waals surface area contributed by atoms with Crippen molar-refractivity contribution in [2.75, 3.05) is 11.4 Å². The number of hydrogen-bond acceptors (Lipinski definition) is 2. The summed E-state index contributed by atoms with van der Waals surface area (Å²) in [4.78, 5) is 24.3. The maximum absolute atomic E-state index is 12.8. The third-order valence-electron chi connectivity index (χ3n) is 2.98. The maximum atomic E-state index is 12.8. The molecule has 1 saturated heterocycles. The zero-order chi connectivity index (χ0) is 15.1. The topological polar surface area (TPSA) is 49.4 Å². The maximum Gasteiger partial charge on any atom is 0.417 e. The number of rotatable bonds is 1. The Bertz CT molecular complexity index is 574. The zero-order valence-electron chi connectivity index (χ0n) is 10.3. The molecule has 1 aliphatic heterocycles. The number of anilines is 1. The Balaban J connectivity index is 2.47. The van der Waals surface area contributed by atoms with Gasteiger partial charge < -0.3 is 5.32 Å². The molecule has 0 bridgehead atoms. The van der Waals surface area contributed by atoms with Gasteiger partial charge in [-0.15, -0.1) is 0 Å². The highest BCUT2D eigenvalue weighted by Crippen LogP contribution is 2.37. The molecule has 1 aromatic rings. The van der Waals surface area contributed by atoms with Crippen LogP contribution >= 0.6 is 11.6 Å². The fourth-order valence-corrected chi connectivity index (χ4v) is 2.20. The fourth-order valence-electron chi connectivity index (χ4n) is 1.98. The highest BCUT2D eigenvalue weighted by molar-refractivity contribution is 6.31. The first-order valence-corrected chi connectivity index (χ1v) is 6.06. The first kappa shape index (κ1) is 14.6. The summed E-state index contributed by atoms with van der Waals surface area (Å²) in [6.07, 6.45) is -4.63. The molecular formula is C12H10ClF3N2O2. The number of alkyl halides is 3. The Morgan fingerprint density at radius 3 is 2.60 bits per heavy atom. The number of halogens is 4. The highest BCUT2D eigenvalue weighted by Gasteiger charge is 2.36. The number of nitrogens with one attached hydrogen (secondary N) is 1. The number of amides is 2. The predicted octanol–water partition coefficient (Wildman–Crippen LogP) is 2.21. The number of piperazine rings is 1. The lowest BCUT2D eigenvalue weighted by Gasteiger charge is -2.33. The van der Waals surface area contributed by atoms with E-state index in [0.717, 1.165) is 17.0 Å². The van der Waals surface area contributed by atoms with Crippen LogP contribution in [0.1, 0.15) is 12.5 Å². The molecule has 1 unspecified atom stereocenters. The van der Waals surface area contributed by atoms with E-state index in [4.69, 9.17) is 11.6 Å². The van der Waals surface area contributed by atoms with Crippen LogP contribution in [-0.4, -0.2) is 24.4 Å². The van der Waals surface area contributed by atoms with E-state index in [1.54, 1.807) is 0 Å². The van der Waals surface area contributed by atoms with Gasteiger partial charge in [-0.1, -0.05) is 11.6 Å². The van der Waals surface area contributed by atoms with Crippen LogP contribution in [0.2, 0.25) is 5.02 Å². The van der Waals surface area contributed by atoms with Gasteiger partial charge in [0, 0.05) is 5.69 Å². The standard InChI is InChI=1S/C12H10ClF3N2O2/c1-6-11(20)17-5-10(19)18(6)7-2-3-9(13)8(4-7)12(14,15)16/h2-4,6H,5H2,1H3,(H,17,20). The van der Waals surface area contributed by atoms with Crippen LogP contribution < -0.4 is 10.2 Å². The number of carbonyl (C=O) groups excluding carboxylic acids is 2. The van der Waals surface area contributed by atoms with E-state index in [1.807, 2.05) is 0 Å². The van der Waals surface area contributed by atoms with E-state index in [9.17, 15) is 22.8 Å². The van der Waals surface area contributed by atoms with Gasteiger partial charge in [0.25, 0.3) is 0 Å². The Morgan fingerprint density at radius 2 is 2.00 bits per heavy atom. The summed E-state index contributed by atoms with van der Waals surface area (Å²) in [5.41, 5.74) is -1.04. The van der Waals surface area contributed by atoms with E-state index in [-0.39, 0.29) is 12.2 Å². The molecule has 0 aliphatic carbocycles. The van der Waals surface area contributed by atoms with E-state index >= 15 is 0 Å². The average Bonchev–Trinajstić information content (AvgIpc) is 2.35. The van der Waals surface area contributed by atoms with Crippen LogP contribution in [0.15, 0.2) is 18.2 Å². The van der Waals surface area contributed by atoms with Crippen molar-refractivity contribution in [2.24, 2.45) is 0 Å². The molecular weight excluding hydrogens is 297 g/mol. The van der Waals surface area contributed by atoms with Gasteiger partial charge in [0.2, 0.25) is 11.8 Å². The minimum absolute atomic E-state index is 0.00549. The molecule has 2 amide bonds. The van der Waals surface area contributed by atoms with Gasteiger partial charge in [0.15, 0.2) is 0 Å². The molecule has 1 heterocycles. The molecule has 8 heteroatoms. The Morgan fingerprint density at radius 1 is 1.35 bits per heavy atom. The van der Waals surface area contributed by atoms with Crippen LogP contribution in [0.25, 0.3) is 0 Å². The monoisotopic (exact) mass is 306 g/mol. The summed E-state index contributed by atoms with van der Waals surface area (Å²) < 4.78 is 38.4. The number of carbonyl (C=O) groups is 2. The van der Waals surface area contributed by atoms with Crippen molar-refractivity contribution >= 4 is 29.1 Å². The van der Waals surface area contributed by atoms with Gasteiger partial charge in [-0.2, -0.15) is 13.2 Å². The zero-order valence-corrected chi connectivity index (χ0v) is 11.0. The average molecular weight is 307 g/mol. The lowest BCUT2D eigenvalue weighted by atomic mass is 10.1. The molecule has 108 valence electrons. The van der Waals surface area contributed by atoms with Crippen molar-refractivity contribution in [1.29, 1.82) is 0 Å². The highest BCUT2D eigenvalue weighted by atomic mass is 35.5. The molecule has 20 heavy (non-hydrogen) atoms. The van der Waals surface area contributed by atoms with Crippen molar-refractivity contribution in [3.63, 3.8) is 0 Å². The second-order valence-electron chi connectivity index (χ2n) is 4.32. The van der Waals surface area contributed by atoms with Crippen molar-refractivity contribution in [3.05, 3.63) is 28.8 Å². The van der Waals surface area contributed by atoms with Gasteiger partial charge in [-0.05, 0) is 25.1 Å². The molecule has 0 spiro atoms. The third kappa shape index (κ3) is 2.58. The molecule has 0 aromatic heterocycles. The molecule has 0 radical (unpaired) electrons. The lowest BCUT2D eigenvalue weighted by molar-refractivity contribution is -0.137. The van der Waals surface area contributed by atoms with Crippen LogP contribution in [0.4, 0.5) is 18.9 Å². The van der Waals surface area contributed by atoms with Crippen LogP contribution in [0, 0.1) is 0 Å². The number of benzene rings is 1. The van der Waals surface area contributed by atoms with E-state index < -0.39 is 34.6 Å². The second kappa shape index (κ2) is 4.97. The molecule has 1 atom stereocenters. The largest absolute Gasteiger partial charge is 0.417 e. The Kier molecular flexibility index (Phi) is 3.64. The fraction of sp³-hybridized carbons (Fsp3) is 0.333. The molecule has 0 saturated carbocycles. The van der Waals surface area contributed by atoms with E-state index in [0.29, 0.717) is 0 Å². The summed E-state index contributed by atoms with van der Waals surface area (Å²) in [6, 6.07) is 2.24. The summed E-state index contributed by atoms with van der Waals surface area (Å²) in [7, 11) is 0. The van der Waals surface area contributed by atoms with Crippen LogP contribution in [0.3, 0.4) is 0 Å². The quantitative estimate of drug-likeness (QED) is 0.865. The summed E-state index contributed by atoms with van der Waals surface area (Å²) >= 11 is 5.52. The molecule has 1 aliphatic rings. The first-order valence-electron chi connectivity index (χ1n) is 5.68. The molecule has 1 aromatic carbocycles. The van der Waals surface area contributed by atoms with Crippen molar-refractivity contribution in [1.82, 2.24) is 5.32 Å². The van der Waals surface area contributed by atoms with Crippen molar-refractivity contribution < 1.29 is 22.8 Å². The van der Waals surface area contributed by atoms with Gasteiger partial charge in [0.05, 0.1) is 17.1 Å². The molecule has 2 rings (SSSR count). The summed E-state index contributed by atoms with van der Waals surface area (Å²) in [5, 5.41) is 1.90. The predicted molar refractivity (Wildman–Crippen MR) is 66.4 cm³/mol. The molecule has 4 nitrogen and oxygen atoms in total.